The van der Waals surface area contributed by atoms with Gasteiger partial charge in [0.25, 0.3) is 5.56 Å². The third kappa shape index (κ3) is 1.70. The van der Waals surface area contributed by atoms with E-state index in [1.54, 1.807) is 27.5 Å². The van der Waals surface area contributed by atoms with E-state index in [2.05, 4.69) is 15.3 Å². The summed E-state index contributed by atoms with van der Waals surface area (Å²) in [5.74, 6) is 0. The predicted octanol–water partition coefficient (Wildman–Crippen LogP) is 0.618. The van der Waals surface area contributed by atoms with Gasteiger partial charge in [0.05, 0.1) is 18.8 Å². The summed E-state index contributed by atoms with van der Waals surface area (Å²) in [7, 11) is 0. The van der Waals surface area contributed by atoms with E-state index in [0.29, 0.717) is 23.2 Å². The van der Waals surface area contributed by atoms with Crippen LogP contribution in [0.1, 0.15) is 12.8 Å². The highest BCUT2D eigenvalue weighted by molar-refractivity contribution is 5.74. The largest absolute Gasteiger partial charge is 0.376 e. The van der Waals surface area contributed by atoms with Gasteiger partial charge in [-0.05, 0) is 18.9 Å². The lowest BCUT2D eigenvalue weighted by Crippen LogP contribution is -2.27. The number of nitrogens with zero attached hydrogens (tertiary/aromatic N) is 5. The Labute approximate surface area is 113 Å². The van der Waals surface area contributed by atoms with Crippen LogP contribution in [0, 0.1) is 0 Å². The molecule has 1 aliphatic rings. The molecule has 4 rings (SSSR count). The smallest absolute Gasteiger partial charge is 0.280 e. The predicted molar refractivity (Wildman–Crippen MR) is 71.5 cm³/mol. The van der Waals surface area contributed by atoms with Crippen molar-refractivity contribution in [3.63, 3.8) is 0 Å². The van der Waals surface area contributed by atoms with Gasteiger partial charge in [-0.15, -0.1) is 10.2 Å². The van der Waals surface area contributed by atoms with Crippen LogP contribution in [0.25, 0.3) is 16.7 Å². The van der Waals surface area contributed by atoms with Crippen molar-refractivity contribution in [2.75, 3.05) is 6.61 Å². The summed E-state index contributed by atoms with van der Waals surface area (Å²) in [6.07, 6.45) is 5.58. The summed E-state index contributed by atoms with van der Waals surface area (Å²) >= 11 is 0. The second-order valence-corrected chi connectivity index (χ2v) is 4.94. The molecule has 1 saturated heterocycles. The zero-order valence-electron chi connectivity index (χ0n) is 10.8. The zero-order chi connectivity index (χ0) is 13.5. The lowest BCUT2D eigenvalue weighted by atomic mass is 10.2. The molecule has 0 amide bonds. The molecule has 0 spiro atoms. The van der Waals surface area contributed by atoms with Crippen LogP contribution >= 0.6 is 0 Å². The van der Waals surface area contributed by atoms with Gasteiger partial charge in [-0.25, -0.2) is 4.52 Å². The van der Waals surface area contributed by atoms with Crippen LogP contribution in [0.4, 0.5) is 0 Å². The lowest BCUT2D eigenvalue weighted by Gasteiger charge is -2.12. The van der Waals surface area contributed by atoms with Gasteiger partial charge in [0.15, 0.2) is 11.2 Å². The maximum absolute atomic E-state index is 12.4. The molecule has 1 atom stereocenters. The third-order valence-electron chi connectivity index (χ3n) is 3.65. The van der Waals surface area contributed by atoms with Crippen molar-refractivity contribution in [3.8, 4) is 0 Å². The highest BCUT2D eigenvalue weighted by Gasteiger charge is 2.17. The number of rotatable bonds is 2. The zero-order valence-corrected chi connectivity index (χ0v) is 10.8. The Bertz CT molecular complexity index is 832. The number of ether oxygens (including phenoxy) is 1. The molecule has 102 valence electrons. The summed E-state index contributed by atoms with van der Waals surface area (Å²) in [5, 5.41) is 12.2. The Kier molecular flexibility index (Phi) is 2.53. The molecule has 4 heterocycles. The Morgan fingerprint density at radius 3 is 3.15 bits per heavy atom. The van der Waals surface area contributed by atoms with Crippen molar-refractivity contribution in [1.82, 2.24) is 24.4 Å². The molecule has 3 aromatic rings. The molecule has 3 aromatic heterocycles. The first kappa shape index (κ1) is 11.5. The third-order valence-corrected chi connectivity index (χ3v) is 3.65. The van der Waals surface area contributed by atoms with Crippen molar-refractivity contribution in [1.29, 1.82) is 0 Å². The summed E-state index contributed by atoms with van der Waals surface area (Å²) in [5.41, 5.74) is 1.49. The standard InChI is InChI=1S/C13H13N5O2/c19-13-12-10(18-11(15-16-12)3-5-14-18)4-6-17(13)8-9-2-1-7-20-9/h3-6,9H,1-2,7-8H2/t9-/m0/s1. The van der Waals surface area contributed by atoms with E-state index in [9.17, 15) is 4.79 Å². The number of fused-ring (bicyclic) bond motifs is 3. The molecule has 1 fully saturated rings. The molecule has 7 heteroatoms. The fourth-order valence-corrected chi connectivity index (χ4v) is 2.63. The first-order valence-corrected chi connectivity index (χ1v) is 6.64. The normalized spacial score (nSPS) is 19.1. The molecule has 0 saturated carbocycles. The minimum absolute atomic E-state index is 0.117. The first-order valence-electron chi connectivity index (χ1n) is 6.64. The minimum Gasteiger partial charge on any atom is -0.376 e. The molecule has 20 heavy (non-hydrogen) atoms. The second-order valence-electron chi connectivity index (χ2n) is 4.94. The lowest BCUT2D eigenvalue weighted by molar-refractivity contribution is 0.0963. The molecular formula is C13H13N5O2. The quantitative estimate of drug-likeness (QED) is 0.683. The van der Waals surface area contributed by atoms with Crippen molar-refractivity contribution < 1.29 is 4.74 Å². The van der Waals surface area contributed by atoms with Crippen LogP contribution < -0.4 is 5.56 Å². The van der Waals surface area contributed by atoms with Crippen LogP contribution in [0.3, 0.4) is 0 Å². The topological polar surface area (TPSA) is 74.3 Å². The second kappa shape index (κ2) is 4.38. The molecule has 7 nitrogen and oxygen atoms in total. The molecule has 0 N–H and O–H groups in total. The maximum Gasteiger partial charge on any atom is 0.280 e. The van der Waals surface area contributed by atoms with Gasteiger partial charge in [0.2, 0.25) is 0 Å². The number of pyridine rings is 1. The Hall–Kier alpha value is -2.28. The molecule has 0 bridgehead atoms. The fraction of sp³-hybridized carbons (Fsp3) is 0.385. The van der Waals surface area contributed by atoms with Crippen molar-refractivity contribution in [2.24, 2.45) is 0 Å². The van der Waals surface area contributed by atoms with E-state index in [1.807, 2.05) is 6.07 Å². The summed E-state index contributed by atoms with van der Waals surface area (Å²) in [4.78, 5) is 12.4. The number of aromatic nitrogens is 5. The fourth-order valence-electron chi connectivity index (χ4n) is 2.63. The van der Waals surface area contributed by atoms with Crippen LogP contribution in [0.5, 0.6) is 0 Å². The summed E-state index contributed by atoms with van der Waals surface area (Å²) < 4.78 is 8.83. The monoisotopic (exact) mass is 271 g/mol. The highest BCUT2D eigenvalue weighted by Crippen LogP contribution is 2.14. The Morgan fingerprint density at radius 2 is 2.30 bits per heavy atom. The van der Waals surface area contributed by atoms with Crippen LogP contribution in [-0.4, -0.2) is 37.1 Å². The van der Waals surface area contributed by atoms with E-state index < -0.39 is 0 Å². The molecule has 0 aromatic carbocycles. The maximum atomic E-state index is 12.4. The average Bonchev–Trinajstić information content (AvgIpc) is 3.12. The Morgan fingerprint density at radius 1 is 1.35 bits per heavy atom. The molecule has 1 aliphatic heterocycles. The van der Waals surface area contributed by atoms with E-state index in [1.165, 1.54) is 0 Å². The Balaban J connectivity index is 1.85. The van der Waals surface area contributed by atoms with E-state index in [-0.39, 0.29) is 11.7 Å². The van der Waals surface area contributed by atoms with E-state index in [4.69, 9.17) is 4.74 Å². The van der Waals surface area contributed by atoms with E-state index in [0.717, 1.165) is 19.4 Å². The van der Waals surface area contributed by atoms with Gasteiger partial charge in [-0.2, -0.15) is 5.10 Å². The van der Waals surface area contributed by atoms with Crippen molar-refractivity contribution in [3.05, 3.63) is 34.9 Å². The summed E-state index contributed by atoms with van der Waals surface area (Å²) in [6.45, 7) is 1.34. The minimum atomic E-state index is -0.150. The van der Waals surface area contributed by atoms with Crippen molar-refractivity contribution >= 4 is 16.7 Å². The van der Waals surface area contributed by atoms with Crippen LogP contribution in [-0.2, 0) is 11.3 Å². The molecular weight excluding hydrogens is 258 g/mol. The number of hydrogen-bond donors (Lipinski definition) is 0. The van der Waals surface area contributed by atoms with E-state index >= 15 is 0 Å². The molecule has 0 aliphatic carbocycles. The van der Waals surface area contributed by atoms with Gasteiger partial charge in [-0.1, -0.05) is 0 Å². The van der Waals surface area contributed by atoms with Gasteiger partial charge >= 0.3 is 0 Å². The van der Waals surface area contributed by atoms with Crippen LogP contribution in [0.15, 0.2) is 29.3 Å². The first-order chi connectivity index (χ1) is 9.83. The van der Waals surface area contributed by atoms with Gasteiger partial charge in [0.1, 0.15) is 5.52 Å². The SMILES string of the molecule is O=c1c2nnc3ccnn3c2ccn1C[C@@H]1CCCO1. The van der Waals surface area contributed by atoms with Gasteiger partial charge < -0.3 is 9.30 Å². The molecule has 0 unspecified atom stereocenters. The molecule has 0 radical (unpaired) electrons. The van der Waals surface area contributed by atoms with Crippen LogP contribution in [0.2, 0.25) is 0 Å². The van der Waals surface area contributed by atoms with Crippen molar-refractivity contribution in [2.45, 2.75) is 25.5 Å². The highest BCUT2D eigenvalue weighted by atomic mass is 16.5. The average molecular weight is 271 g/mol. The number of hydrogen-bond acceptors (Lipinski definition) is 5. The summed E-state index contributed by atoms with van der Waals surface area (Å²) in [6, 6.07) is 3.60. The van der Waals surface area contributed by atoms with Gasteiger partial charge in [-0.3, -0.25) is 4.79 Å². The van der Waals surface area contributed by atoms with Gasteiger partial charge in [0, 0.05) is 18.9 Å².